The van der Waals surface area contributed by atoms with Crippen LogP contribution in [-0.4, -0.2) is 97.7 Å². The number of hydrogen-bond acceptors (Lipinski definition) is 14. The molecule has 2 aromatic carbocycles. The number of carbonyl (C=O) groups is 1. The highest BCUT2D eigenvalue weighted by atomic mass is 32.2. The Balaban J connectivity index is 0.903. The smallest absolute Gasteiger partial charge is 0.312 e. The van der Waals surface area contributed by atoms with Crippen LogP contribution in [-0.2, 0) is 19.8 Å². The summed E-state index contributed by atoms with van der Waals surface area (Å²) in [5, 5.41) is 26.2. The van der Waals surface area contributed by atoms with E-state index in [1.54, 1.807) is 31.3 Å². The van der Waals surface area contributed by atoms with Gasteiger partial charge in [-0.15, -0.1) is 0 Å². The van der Waals surface area contributed by atoms with Gasteiger partial charge in [0, 0.05) is 83.1 Å². The molecular formula is C48H59N9O8S2. The Bertz CT molecular complexity index is 2900. The number of nitrogens with one attached hydrogen (secondary N) is 4. The van der Waals surface area contributed by atoms with Gasteiger partial charge in [-0.2, -0.15) is 0 Å². The summed E-state index contributed by atoms with van der Waals surface area (Å²) in [6, 6.07) is 18.2. The van der Waals surface area contributed by atoms with E-state index in [-0.39, 0.29) is 34.5 Å². The van der Waals surface area contributed by atoms with Gasteiger partial charge in [0.25, 0.3) is 15.9 Å². The van der Waals surface area contributed by atoms with Crippen molar-refractivity contribution in [2.45, 2.75) is 101 Å². The van der Waals surface area contributed by atoms with E-state index in [4.69, 9.17) is 9.52 Å². The summed E-state index contributed by atoms with van der Waals surface area (Å²) in [6.07, 6.45) is 10.9. The van der Waals surface area contributed by atoms with Crippen molar-refractivity contribution in [2.75, 3.05) is 47.9 Å². The Morgan fingerprint density at radius 3 is 2.52 bits per heavy atom. The zero-order chi connectivity index (χ0) is 47.3. The van der Waals surface area contributed by atoms with E-state index < -0.39 is 46.8 Å². The molecule has 5 aromatic rings. The number of hydrogen-bond donors (Lipinski definition) is 5. The molecule has 1 spiro atoms. The number of nitro groups is 1. The average molecular weight is 954 g/mol. The lowest BCUT2D eigenvalue weighted by Crippen LogP contribution is -2.58. The highest BCUT2D eigenvalue weighted by Crippen LogP contribution is 2.53. The minimum absolute atomic E-state index is 0.0484. The zero-order valence-electron chi connectivity index (χ0n) is 38.1. The van der Waals surface area contributed by atoms with Crippen LogP contribution >= 0.6 is 0 Å². The zero-order valence-corrected chi connectivity index (χ0v) is 39.7. The second-order valence-corrected chi connectivity index (χ2v) is 23.7. The van der Waals surface area contributed by atoms with Gasteiger partial charge in [-0.05, 0) is 111 Å². The summed E-state index contributed by atoms with van der Waals surface area (Å²) in [5.41, 5.74) is 2.68. The molecule has 5 heterocycles. The van der Waals surface area contributed by atoms with Gasteiger partial charge in [0.15, 0.2) is 0 Å². The van der Waals surface area contributed by atoms with E-state index in [0.717, 1.165) is 75.0 Å². The molecular weight excluding hydrogens is 895 g/mol. The third kappa shape index (κ3) is 10.0. The predicted molar refractivity (Wildman–Crippen MR) is 257 cm³/mol. The molecule has 1 unspecified atom stereocenters. The number of benzene rings is 2. The van der Waals surface area contributed by atoms with Crippen molar-refractivity contribution >= 4 is 53.9 Å². The summed E-state index contributed by atoms with van der Waals surface area (Å²) in [6.45, 7) is 8.67. The van der Waals surface area contributed by atoms with Gasteiger partial charge in [0.2, 0.25) is 5.82 Å². The maximum absolute atomic E-state index is 14.0. The number of aromatic nitrogens is 3. The maximum Gasteiger partial charge on any atom is 0.312 e. The molecule has 0 bridgehead atoms. The molecule has 17 nitrogen and oxygen atoms in total. The molecule has 2 aliphatic carbocycles. The average Bonchev–Trinajstić information content (AvgIpc) is 3.76. The van der Waals surface area contributed by atoms with Crippen LogP contribution in [0.25, 0.3) is 11.0 Å². The van der Waals surface area contributed by atoms with Crippen LogP contribution in [0.4, 0.5) is 17.2 Å². The predicted octanol–water partition coefficient (Wildman–Crippen LogP) is 8.11. The van der Waals surface area contributed by atoms with Gasteiger partial charge < -0.3 is 25.0 Å². The van der Waals surface area contributed by atoms with Crippen molar-refractivity contribution in [1.29, 1.82) is 4.78 Å². The lowest BCUT2D eigenvalue weighted by Gasteiger charge is -2.57. The molecule has 2 atom stereocenters. The molecule has 5 N–H and O–H groups in total. The number of amides is 1. The topological polar surface area (TPSA) is 237 Å². The minimum atomic E-state index is -4.66. The van der Waals surface area contributed by atoms with Gasteiger partial charge >= 0.3 is 5.69 Å². The number of aliphatic hydroxyl groups is 1. The van der Waals surface area contributed by atoms with E-state index in [1.807, 2.05) is 12.1 Å². The molecule has 19 heteroatoms. The molecule has 2 saturated heterocycles. The first-order valence-electron chi connectivity index (χ1n) is 23.1. The molecule has 356 valence electrons. The number of H-pyrrole nitrogens is 1. The fourth-order valence-electron chi connectivity index (χ4n) is 10.6. The van der Waals surface area contributed by atoms with Crippen LogP contribution < -0.4 is 19.7 Å². The summed E-state index contributed by atoms with van der Waals surface area (Å²) >= 11 is 0. The number of anilines is 2. The monoisotopic (exact) mass is 953 g/mol. The lowest BCUT2D eigenvalue weighted by atomic mass is 9.59. The number of sulfonamides is 1. The highest BCUT2D eigenvalue weighted by Gasteiger charge is 2.50. The third-order valence-electron chi connectivity index (χ3n) is 14.6. The summed E-state index contributed by atoms with van der Waals surface area (Å²) < 4.78 is 57.6. The van der Waals surface area contributed by atoms with Crippen molar-refractivity contribution < 1.29 is 32.2 Å². The normalized spacial score (nSPS) is 24.6. The van der Waals surface area contributed by atoms with Crippen molar-refractivity contribution in [3.63, 3.8) is 0 Å². The highest BCUT2D eigenvalue weighted by molar-refractivity contribution is 7.92. The second-order valence-electron chi connectivity index (χ2n) is 19.7. The van der Waals surface area contributed by atoms with Crippen LogP contribution in [0.3, 0.4) is 0 Å². The third-order valence-corrected chi connectivity index (χ3v) is 17.6. The van der Waals surface area contributed by atoms with Gasteiger partial charge in [-0.3, -0.25) is 24.6 Å². The van der Waals surface area contributed by atoms with Crippen LogP contribution in [0.2, 0.25) is 0 Å². The molecule has 2 aliphatic heterocycles. The van der Waals surface area contributed by atoms with Gasteiger partial charge in [0.1, 0.15) is 22.0 Å². The van der Waals surface area contributed by atoms with E-state index in [2.05, 4.69) is 66.8 Å². The van der Waals surface area contributed by atoms with Crippen LogP contribution in [0.5, 0.6) is 11.5 Å². The lowest BCUT2D eigenvalue weighted by molar-refractivity contribution is -0.384. The standard InChI is InChI=1S/C48H59N9O8S2/c1-31(2)38-6-4-5-7-39(38)42-30-66(49,62)21-20-56(42)35-25-48(26-35)15-18-55(19-16-48)34-8-9-40(43(23-34)65-36-22-33-12-17-50-44(33)52-28-36)46(58)54-67(63,64)37-24-41(57(60)61)45(53-29-37)51-27-32-10-13-47(3,59)14-11-32/h4-9,12,17,22-24,28-29,31-32,35,42,49,59H,10-11,13-16,18-21,25-27,30H2,1-3H3,(H,50,52)(H,51,53)(H,54,58)/t32-,42-,47-,66?/m0/s1. The van der Waals surface area contributed by atoms with Crippen LogP contribution in [0, 0.1) is 26.2 Å². The van der Waals surface area contributed by atoms with Gasteiger partial charge in [0.05, 0.1) is 34.2 Å². The first-order chi connectivity index (χ1) is 31.9. The van der Waals surface area contributed by atoms with Crippen molar-refractivity contribution in [1.82, 2.24) is 24.6 Å². The van der Waals surface area contributed by atoms with E-state index in [0.29, 0.717) is 60.8 Å². The molecule has 9 rings (SSSR count). The van der Waals surface area contributed by atoms with E-state index in [9.17, 15) is 32.6 Å². The number of pyridine rings is 2. The quantitative estimate of drug-likeness (QED) is 0.0555. The summed E-state index contributed by atoms with van der Waals surface area (Å²) in [7, 11) is -7.32. The largest absolute Gasteiger partial charge is 0.455 e. The fraction of sp³-hybridized carbons (Fsp3) is 0.479. The molecule has 1 amide bonds. The van der Waals surface area contributed by atoms with Crippen molar-refractivity contribution in [3.8, 4) is 11.5 Å². The molecule has 3 aromatic heterocycles. The summed E-state index contributed by atoms with van der Waals surface area (Å²) in [4.78, 5) is 41.2. The Hall–Kier alpha value is -5.63. The number of aromatic amines is 1. The summed E-state index contributed by atoms with van der Waals surface area (Å²) in [5.74, 6) is 0.552. The minimum Gasteiger partial charge on any atom is -0.455 e. The number of fused-ring (bicyclic) bond motifs is 1. The van der Waals surface area contributed by atoms with Crippen molar-refractivity contribution in [2.24, 2.45) is 11.3 Å². The Morgan fingerprint density at radius 2 is 1.79 bits per heavy atom. The second kappa shape index (κ2) is 18.1. The molecule has 4 fully saturated rings. The Kier molecular flexibility index (Phi) is 12.6. The van der Waals surface area contributed by atoms with Gasteiger partial charge in [-0.1, -0.05) is 38.1 Å². The molecule has 2 saturated carbocycles. The number of piperidine rings is 1. The first-order valence-corrected chi connectivity index (χ1v) is 26.5. The number of carbonyl (C=O) groups excluding carboxylic acids is 1. The van der Waals surface area contributed by atoms with Gasteiger partial charge in [-0.25, -0.2) is 27.3 Å². The maximum atomic E-state index is 14.0. The van der Waals surface area contributed by atoms with Crippen LogP contribution in [0.15, 0.2) is 84.1 Å². The molecule has 0 radical (unpaired) electrons. The Morgan fingerprint density at radius 1 is 1.04 bits per heavy atom. The number of nitrogens with zero attached hydrogens (tertiary/aromatic N) is 5. The fourth-order valence-corrected chi connectivity index (χ4v) is 13.1. The molecule has 67 heavy (non-hydrogen) atoms. The Labute approximate surface area is 391 Å². The molecule has 4 aliphatic rings. The first kappa shape index (κ1) is 46.5. The van der Waals surface area contributed by atoms with E-state index >= 15 is 0 Å². The SMILES string of the molecule is CC(C)c1ccccc1[C@@H]1CS(=N)(=O)CCN1C1CC2(CCN(c3ccc(C(=O)NS(=O)(=O)c4cnc(NC[C@H]5CC[C@](C)(O)CC5)c([N+](=O)[O-])c4)c(Oc4cnc5[nH]ccc5c4)c3)CC2)C1. The van der Waals surface area contributed by atoms with Crippen molar-refractivity contribution in [3.05, 3.63) is 106 Å². The number of ether oxygens (including phenoxy) is 1. The number of rotatable bonds is 13. The van der Waals surface area contributed by atoms with E-state index in [1.165, 1.54) is 23.4 Å². The van der Waals surface area contributed by atoms with Crippen LogP contribution in [0.1, 0.15) is 106 Å².